The van der Waals surface area contributed by atoms with Crippen molar-refractivity contribution in [1.29, 1.82) is 0 Å². The maximum atomic E-state index is 12.6. The van der Waals surface area contributed by atoms with Crippen LogP contribution in [0.15, 0.2) is 77.7 Å². The molecule has 0 saturated heterocycles. The lowest BCUT2D eigenvalue weighted by Gasteiger charge is -2.25. The monoisotopic (exact) mass is 370 g/mol. The maximum Gasteiger partial charge on any atom is 0.241 e. The Labute approximate surface area is 150 Å². The van der Waals surface area contributed by atoms with E-state index < -0.39 is 28.1 Å². The number of aliphatic hydroxyl groups is 1. The topological polar surface area (TPSA) is 107 Å². The summed E-state index contributed by atoms with van der Waals surface area (Å²) in [5, 5.41) is 23.3. The fourth-order valence-electron chi connectivity index (χ4n) is 2.65. The second-order valence-corrected chi connectivity index (χ2v) is 7.50. The van der Waals surface area contributed by atoms with Crippen LogP contribution in [-0.2, 0) is 14.8 Å². The molecule has 7 heteroatoms. The Balaban J connectivity index is 1.93. The van der Waals surface area contributed by atoms with Gasteiger partial charge in [-0.15, -0.1) is 0 Å². The summed E-state index contributed by atoms with van der Waals surface area (Å²) < 4.78 is 27.3. The molecule has 3 rings (SSSR count). The first-order valence-electron chi connectivity index (χ1n) is 7.83. The van der Waals surface area contributed by atoms with Gasteiger partial charge in [0.1, 0.15) is 6.10 Å². The molecule has 0 heterocycles. The summed E-state index contributed by atoms with van der Waals surface area (Å²) in [6, 6.07) is 17.8. The third-order valence-corrected chi connectivity index (χ3v) is 5.46. The van der Waals surface area contributed by atoms with Crippen molar-refractivity contribution in [3.8, 4) is 0 Å². The van der Waals surface area contributed by atoms with Crippen molar-refractivity contribution in [3.63, 3.8) is 0 Å². The predicted octanol–water partition coefficient (Wildman–Crippen LogP) is 0.970. The minimum atomic E-state index is -4.18. The van der Waals surface area contributed by atoms with Crippen LogP contribution in [0.2, 0.25) is 0 Å². The number of carbonyl (C=O) groups is 1. The fraction of sp³-hybridized carbons (Fsp3) is 0.105. The summed E-state index contributed by atoms with van der Waals surface area (Å²) in [6.07, 6.45) is -1.59. The second kappa shape index (κ2) is 7.25. The molecule has 3 aromatic rings. The first kappa shape index (κ1) is 18.1. The minimum Gasteiger partial charge on any atom is -0.548 e. The summed E-state index contributed by atoms with van der Waals surface area (Å²) in [5.74, 6) is -1.72. The number of carboxylic acids is 1. The zero-order chi connectivity index (χ0) is 18.7. The molecule has 134 valence electrons. The molecule has 0 spiro atoms. The van der Waals surface area contributed by atoms with E-state index in [0.29, 0.717) is 5.39 Å². The molecule has 0 radical (unpaired) electrons. The lowest BCUT2D eigenvalue weighted by molar-refractivity contribution is -0.310. The van der Waals surface area contributed by atoms with Crippen molar-refractivity contribution in [3.05, 3.63) is 78.4 Å². The fourth-order valence-corrected chi connectivity index (χ4v) is 3.88. The largest absolute Gasteiger partial charge is 0.548 e. The standard InChI is InChI=1S/C19H17NO5S/c21-18(14-7-2-1-3-8-14)17(19(22)23)20-26(24,25)16-11-10-13-6-4-5-9-15(13)12-16/h1-12,17-18,20-21H,(H,22,23)/p-1/t17-,18+/m1/s1. The van der Waals surface area contributed by atoms with Crippen LogP contribution < -0.4 is 9.83 Å². The van der Waals surface area contributed by atoms with Crippen molar-refractivity contribution in [1.82, 2.24) is 4.72 Å². The average molecular weight is 370 g/mol. The van der Waals surface area contributed by atoms with Gasteiger partial charge in [0.05, 0.1) is 16.9 Å². The van der Waals surface area contributed by atoms with Gasteiger partial charge < -0.3 is 15.0 Å². The van der Waals surface area contributed by atoms with Crippen LogP contribution in [-0.4, -0.2) is 25.5 Å². The van der Waals surface area contributed by atoms with Gasteiger partial charge in [-0.05, 0) is 28.5 Å². The Morgan fingerprint density at radius 2 is 1.54 bits per heavy atom. The number of benzene rings is 3. The van der Waals surface area contributed by atoms with E-state index in [-0.39, 0.29) is 10.5 Å². The Bertz CT molecular complexity index is 1030. The Hall–Kier alpha value is -2.74. The molecule has 3 aromatic carbocycles. The highest BCUT2D eigenvalue weighted by atomic mass is 32.2. The van der Waals surface area contributed by atoms with Gasteiger partial charge in [-0.3, -0.25) is 0 Å². The van der Waals surface area contributed by atoms with E-state index in [9.17, 15) is 23.4 Å². The van der Waals surface area contributed by atoms with Gasteiger partial charge in [0, 0.05) is 0 Å². The molecule has 2 N–H and O–H groups in total. The number of sulfonamides is 1. The second-order valence-electron chi connectivity index (χ2n) is 5.78. The molecule has 0 aliphatic rings. The third kappa shape index (κ3) is 3.75. The number of hydrogen-bond acceptors (Lipinski definition) is 5. The van der Waals surface area contributed by atoms with Crippen LogP contribution in [0.25, 0.3) is 10.8 Å². The lowest BCUT2D eigenvalue weighted by atomic mass is 10.0. The summed E-state index contributed by atoms with van der Waals surface area (Å²) in [7, 11) is -4.18. The van der Waals surface area contributed by atoms with E-state index in [1.807, 2.05) is 16.9 Å². The molecule has 0 saturated carbocycles. The van der Waals surface area contributed by atoms with Gasteiger partial charge in [-0.25, -0.2) is 8.42 Å². The highest BCUT2D eigenvalue weighted by Gasteiger charge is 2.28. The molecule has 0 bridgehead atoms. The number of carbonyl (C=O) groups excluding carboxylic acids is 1. The van der Waals surface area contributed by atoms with Crippen molar-refractivity contribution >= 4 is 26.8 Å². The molecule has 2 atom stereocenters. The first-order chi connectivity index (χ1) is 12.4. The molecule has 6 nitrogen and oxygen atoms in total. The molecular formula is C19H16NO5S-. The normalized spacial score (nSPS) is 14.0. The van der Waals surface area contributed by atoms with Crippen LogP contribution >= 0.6 is 0 Å². The summed E-state index contributed by atoms with van der Waals surface area (Å²) in [4.78, 5) is 11.3. The number of aliphatic carboxylic acids is 1. The van der Waals surface area contributed by atoms with E-state index in [1.165, 1.54) is 24.3 Å². The van der Waals surface area contributed by atoms with Crippen LogP contribution in [0, 0.1) is 0 Å². The molecule has 0 fully saturated rings. The predicted molar refractivity (Wildman–Crippen MR) is 94.5 cm³/mol. The van der Waals surface area contributed by atoms with Crippen molar-refractivity contribution in [2.24, 2.45) is 0 Å². The summed E-state index contributed by atoms with van der Waals surface area (Å²) >= 11 is 0. The van der Waals surface area contributed by atoms with Gasteiger partial charge in [0.2, 0.25) is 10.0 Å². The summed E-state index contributed by atoms with van der Waals surface area (Å²) in [5.41, 5.74) is 0.267. The number of nitrogens with one attached hydrogen (secondary N) is 1. The number of hydrogen-bond donors (Lipinski definition) is 2. The molecule has 0 unspecified atom stereocenters. The average Bonchev–Trinajstić information content (AvgIpc) is 2.65. The maximum absolute atomic E-state index is 12.6. The minimum absolute atomic E-state index is 0.0947. The van der Waals surface area contributed by atoms with Gasteiger partial charge in [0.25, 0.3) is 0 Å². The van der Waals surface area contributed by atoms with E-state index in [1.54, 1.807) is 36.4 Å². The van der Waals surface area contributed by atoms with Gasteiger partial charge in [-0.1, -0.05) is 60.7 Å². The van der Waals surface area contributed by atoms with Gasteiger partial charge >= 0.3 is 0 Å². The number of rotatable bonds is 6. The first-order valence-corrected chi connectivity index (χ1v) is 9.32. The van der Waals surface area contributed by atoms with Crippen LogP contribution in [0.1, 0.15) is 11.7 Å². The van der Waals surface area contributed by atoms with E-state index in [4.69, 9.17) is 0 Å². The SMILES string of the molecule is O=C([O-])[C@H](NS(=O)(=O)c1ccc2ccccc2c1)[C@@H](O)c1ccccc1. The molecule has 0 aromatic heterocycles. The highest BCUT2D eigenvalue weighted by Crippen LogP contribution is 2.21. The van der Waals surface area contributed by atoms with Crippen molar-refractivity contribution in [2.75, 3.05) is 0 Å². The number of aliphatic hydroxyl groups excluding tert-OH is 1. The Morgan fingerprint density at radius 1 is 0.923 bits per heavy atom. The van der Waals surface area contributed by atoms with Crippen LogP contribution in [0.3, 0.4) is 0 Å². The van der Waals surface area contributed by atoms with Crippen LogP contribution in [0.4, 0.5) is 0 Å². The smallest absolute Gasteiger partial charge is 0.241 e. The zero-order valence-electron chi connectivity index (χ0n) is 13.6. The number of carboxylic acid groups (broad SMARTS) is 1. The highest BCUT2D eigenvalue weighted by molar-refractivity contribution is 7.89. The van der Waals surface area contributed by atoms with Crippen molar-refractivity contribution < 1.29 is 23.4 Å². The van der Waals surface area contributed by atoms with Gasteiger partial charge in [-0.2, -0.15) is 4.72 Å². The summed E-state index contributed by atoms with van der Waals surface area (Å²) in [6.45, 7) is 0. The van der Waals surface area contributed by atoms with Crippen molar-refractivity contribution in [2.45, 2.75) is 17.0 Å². The number of fused-ring (bicyclic) bond motifs is 1. The van der Waals surface area contributed by atoms with Gasteiger partial charge in [0.15, 0.2) is 0 Å². The Kier molecular flexibility index (Phi) is 5.03. The quantitative estimate of drug-likeness (QED) is 0.672. The van der Waals surface area contributed by atoms with E-state index in [2.05, 4.69) is 0 Å². The molecule has 0 amide bonds. The van der Waals surface area contributed by atoms with E-state index >= 15 is 0 Å². The Morgan fingerprint density at radius 3 is 2.19 bits per heavy atom. The molecular weight excluding hydrogens is 354 g/mol. The molecule has 26 heavy (non-hydrogen) atoms. The van der Waals surface area contributed by atoms with Crippen LogP contribution in [0.5, 0.6) is 0 Å². The molecule has 0 aliphatic carbocycles. The third-order valence-electron chi connectivity index (χ3n) is 4.02. The lowest BCUT2D eigenvalue weighted by Crippen LogP contribution is -2.51. The zero-order valence-corrected chi connectivity index (χ0v) is 14.4. The van der Waals surface area contributed by atoms with E-state index in [0.717, 1.165) is 5.39 Å². The molecule has 0 aliphatic heterocycles.